The van der Waals surface area contributed by atoms with Gasteiger partial charge in [-0.3, -0.25) is 0 Å². The Morgan fingerprint density at radius 1 is 1.19 bits per heavy atom. The Hall–Kier alpha value is -2.10. The van der Waals surface area contributed by atoms with Gasteiger partial charge in [0.05, 0.1) is 0 Å². The summed E-state index contributed by atoms with van der Waals surface area (Å²) < 4.78 is 10.8. The molecule has 0 saturated heterocycles. The van der Waals surface area contributed by atoms with E-state index in [-0.39, 0.29) is 12.1 Å². The lowest BCUT2D eigenvalue weighted by Crippen LogP contribution is -2.21. The monoisotopic (exact) mass is 285 g/mol. The summed E-state index contributed by atoms with van der Waals surface area (Å²) in [6.07, 6.45) is 5.44. The minimum atomic E-state index is -0.320. The number of ether oxygens (including phenoxy) is 1. The number of nitrogens with zero attached hydrogens (tertiary/aromatic N) is 1. The van der Waals surface area contributed by atoms with Crippen molar-refractivity contribution < 1.29 is 14.1 Å². The van der Waals surface area contributed by atoms with Crippen LogP contribution in [0.25, 0.3) is 11.3 Å². The molecule has 1 fully saturated rings. The van der Waals surface area contributed by atoms with Crippen molar-refractivity contribution in [1.82, 2.24) is 5.16 Å². The zero-order chi connectivity index (χ0) is 14.7. The maximum Gasteiger partial charge on any atom is 0.344 e. The van der Waals surface area contributed by atoms with Crippen LogP contribution in [0.1, 0.15) is 48.2 Å². The van der Waals surface area contributed by atoms with E-state index in [0.29, 0.717) is 17.0 Å². The topological polar surface area (TPSA) is 52.3 Å². The quantitative estimate of drug-likeness (QED) is 0.795. The fraction of sp³-hybridized carbons (Fsp3) is 0.412. The molecule has 3 rings (SSSR count). The van der Waals surface area contributed by atoms with Gasteiger partial charge in [0.15, 0.2) is 0 Å². The number of carbonyl (C=O) groups is 1. The molecule has 4 nitrogen and oxygen atoms in total. The number of aryl methyl sites for hydroxylation is 1. The third-order valence-corrected chi connectivity index (χ3v) is 3.94. The van der Waals surface area contributed by atoms with E-state index >= 15 is 0 Å². The Labute approximate surface area is 124 Å². The third kappa shape index (κ3) is 2.99. The maximum absolute atomic E-state index is 12.5. The summed E-state index contributed by atoms with van der Waals surface area (Å²) in [7, 11) is 0. The predicted octanol–water partition coefficient (Wildman–Crippen LogP) is 4.14. The molecule has 0 N–H and O–H groups in total. The van der Waals surface area contributed by atoms with Crippen LogP contribution < -0.4 is 0 Å². The molecule has 0 atom stereocenters. The number of hydrogen-bond donors (Lipinski definition) is 0. The van der Waals surface area contributed by atoms with E-state index in [2.05, 4.69) is 5.16 Å². The van der Waals surface area contributed by atoms with Crippen molar-refractivity contribution in [3.8, 4) is 11.3 Å². The highest BCUT2D eigenvalue weighted by Gasteiger charge is 2.26. The van der Waals surface area contributed by atoms with Crippen molar-refractivity contribution in [2.45, 2.75) is 45.1 Å². The van der Waals surface area contributed by atoms with Gasteiger partial charge in [0, 0.05) is 5.56 Å². The SMILES string of the molecule is Cc1onc(-c2ccccc2)c1C(=O)OC1CCCCC1. The summed E-state index contributed by atoms with van der Waals surface area (Å²) in [6, 6.07) is 9.57. The molecule has 1 aliphatic rings. The highest BCUT2D eigenvalue weighted by Crippen LogP contribution is 2.28. The molecule has 0 aliphatic heterocycles. The van der Waals surface area contributed by atoms with Gasteiger partial charge in [0.2, 0.25) is 0 Å². The molecular weight excluding hydrogens is 266 g/mol. The van der Waals surface area contributed by atoms with Gasteiger partial charge in [-0.1, -0.05) is 41.9 Å². The van der Waals surface area contributed by atoms with Crippen LogP contribution in [-0.2, 0) is 4.74 Å². The summed E-state index contributed by atoms with van der Waals surface area (Å²) in [5, 5.41) is 4.02. The molecule has 21 heavy (non-hydrogen) atoms. The van der Waals surface area contributed by atoms with Gasteiger partial charge in [-0.25, -0.2) is 4.79 Å². The van der Waals surface area contributed by atoms with Gasteiger partial charge in [-0.05, 0) is 32.6 Å². The van der Waals surface area contributed by atoms with Crippen molar-refractivity contribution >= 4 is 5.97 Å². The van der Waals surface area contributed by atoms with E-state index in [1.165, 1.54) is 6.42 Å². The van der Waals surface area contributed by atoms with Crippen LogP contribution >= 0.6 is 0 Å². The van der Waals surface area contributed by atoms with Crippen LogP contribution in [0.3, 0.4) is 0 Å². The summed E-state index contributed by atoms with van der Waals surface area (Å²) in [5.41, 5.74) is 1.88. The molecule has 1 saturated carbocycles. The predicted molar refractivity (Wildman–Crippen MR) is 79.0 cm³/mol. The summed E-state index contributed by atoms with van der Waals surface area (Å²) in [5.74, 6) is 0.189. The van der Waals surface area contributed by atoms with Gasteiger partial charge in [-0.2, -0.15) is 0 Å². The normalized spacial score (nSPS) is 15.9. The minimum absolute atomic E-state index is 0.0316. The van der Waals surface area contributed by atoms with E-state index in [0.717, 1.165) is 31.2 Å². The first kappa shape index (κ1) is 13.9. The third-order valence-electron chi connectivity index (χ3n) is 3.94. The molecule has 1 aromatic heterocycles. The van der Waals surface area contributed by atoms with E-state index in [1.807, 2.05) is 30.3 Å². The highest BCUT2D eigenvalue weighted by atomic mass is 16.5. The van der Waals surface area contributed by atoms with Crippen LogP contribution in [0.5, 0.6) is 0 Å². The van der Waals surface area contributed by atoms with Crippen molar-refractivity contribution in [3.05, 3.63) is 41.7 Å². The molecule has 4 heteroatoms. The Morgan fingerprint density at radius 3 is 2.62 bits per heavy atom. The molecule has 1 heterocycles. The molecular formula is C17H19NO3. The second-order valence-electron chi connectivity index (χ2n) is 5.49. The first-order valence-corrected chi connectivity index (χ1v) is 7.48. The molecule has 110 valence electrons. The number of hydrogen-bond acceptors (Lipinski definition) is 4. The van der Waals surface area contributed by atoms with E-state index in [4.69, 9.17) is 9.26 Å². The average molecular weight is 285 g/mol. The summed E-state index contributed by atoms with van der Waals surface area (Å²) in [6.45, 7) is 1.75. The zero-order valence-corrected chi connectivity index (χ0v) is 12.2. The molecule has 0 radical (unpaired) electrons. The van der Waals surface area contributed by atoms with Crippen LogP contribution in [0.4, 0.5) is 0 Å². The Kier molecular flexibility index (Phi) is 4.04. The van der Waals surface area contributed by atoms with Crippen LogP contribution in [-0.4, -0.2) is 17.2 Å². The van der Waals surface area contributed by atoms with E-state index in [9.17, 15) is 4.79 Å². The van der Waals surface area contributed by atoms with Gasteiger partial charge in [0.25, 0.3) is 0 Å². The molecule has 1 aliphatic carbocycles. The van der Waals surface area contributed by atoms with Crippen LogP contribution in [0, 0.1) is 6.92 Å². The fourth-order valence-electron chi connectivity index (χ4n) is 2.80. The maximum atomic E-state index is 12.5. The smallest absolute Gasteiger partial charge is 0.344 e. The molecule has 0 bridgehead atoms. The average Bonchev–Trinajstić information content (AvgIpc) is 2.91. The molecule has 0 unspecified atom stereocenters. The summed E-state index contributed by atoms with van der Waals surface area (Å²) >= 11 is 0. The van der Waals surface area contributed by atoms with Crippen molar-refractivity contribution in [2.75, 3.05) is 0 Å². The van der Waals surface area contributed by atoms with Crippen molar-refractivity contribution in [1.29, 1.82) is 0 Å². The number of esters is 1. The standard InChI is InChI=1S/C17H19NO3/c1-12-15(17(19)20-14-10-6-3-7-11-14)16(18-21-12)13-8-4-2-5-9-13/h2,4-5,8-9,14H,3,6-7,10-11H2,1H3. The first-order valence-electron chi connectivity index (χ1n) is 7.48. The molecule has 1 aromatic carbocycles. The van der Waals surface area contributed by atoms with E-state index in [1.54, 1.807) is 6.92 Å². The number of carbonyl (C=O) groups excluding carboxylic acids is 1. The number of aromatic nitrogens is 1. The largest absolute Gasteiger partial charge is 0.459 e. The zero-order valence-electron chi connectivity index (χ0n) is 12.2. The second-order valence-corrected chi connectivity index (χ2v) is 5.49. The van der Waals surface area contributed by atoms with Crippen molar-refractivity contribution in [2.24, 2.45) is 0 Å². The van der Waals surface area contributed by atoms with Crippen LogP contribution in [0.15, 0.2) is 34.9 Å². The van der Waals surface area contributed by atoms with Crippen LogP contribution in [0.2, 0.25) is 0 Å². The second kappa shape index (κ2) is 6.12. The Balaban J connectivity index is 1.84. The molecule has 0 spiro atoms. The lowest BCUT2D eigenvalue weighted by Gasteiger charge is -2.21. The molecule has 0 amide bonds. The lowest BCUT2D eigenvalue weighted by atomic mass is 9.97. The van der Waals surface area contributed by atoms with Gasteiger partial charge < -0.3 is 9.26 Å². The number of benzene rings is 1. The van der Waals surface area contributed by atoms with Gasteiger partial charge in [-0.15, -0.1) is 0 Å². The lowest BCUT2D eigenvalue weighted by molar-refractivity contribution is 0.0210. The number of rotatable bonds is 3. The van der Waals surface area contributed by atoms with E-state index < -0.39 is 0 Å². The summed E-state index contributed by atoms with van der Waals surface area (Å²) in [4.78, 5) is 12.5. The molecule has 2 aromatic rings. The highest BCUT2D eigenvalue weighted by molar-refractivity contribution is 5.97. The van der Waals surface area contributed by atoms with Gasteiger partial charge in [0.1, 0.15) is 23.1 Å². The Bertz CT molecular complexity index is 612. The minimum Gasteiger partial charge on any atom is -0.459 e. The Morgan fingerprint density at radius 2 is 1.90 bits per heavy atom. The first-order chi connectivity index (χ1) is 10.3. The fourth-order valence-corrected chi connectivity index (χ4v) is 2.80. The van der Waals surface area contributed by atoms with Gasteiger partial charge >= 0.3 is 5.97 Å². The van der Waals surface area contributed by atoms with Crippen molar-refractivity contribution in [3.63, 3.8) is 0 Å².